The highest BCUT2D eigenvalue weighted by atomic mass is 35.5. The number of halogens is 1. The second-order valence-corrected chi connectivity index (χ2v) is 5.45. The fourth-order valence-corrected chi connectivity index (χ4v) is 2.19. The van der Waals surface area contributed by atoms with Gasteiger partial charge < -0.3 is 14.9 Å². The molecule has 0 heterocycles. The van der Waals surface area contributed by atoms with E-state index in [1.54, 1.807) is 18.2 Å². The van der Waals surface area contributed by atoms with E-state index in [-0.39, 0.29) is 12.5 Å². The fraction of sp³-hybridized carbons (Fsp3) is 0.222. The van der Waals surface area contributed by atoms with E-state index in [0.717, 1.165) is 16.9 Å². The lowest BCUT2D eigenvalue weighted by molar-refractivity contribution is -0.120. The molecule has 0 aliphatic heterocycles. The van der Waals surface area contributed by atoms with Gasteiger partial charge in [-0.2, -0.15) is 0 Å². The molecule has 0 spiro atoms. The van der Waals surface area contributed by atoms with E-state index in [0.29, 0.717) is 17.3 Å². The van der Waals surface area contributed by atoms with Crippen LogP contribution in [0.1, 0.15) is 18.1 Å². The van der Waals surface area contributed by atoms with Crippen LogP contribution in [0.2, 0.25) is 5.02 Å². The number of amides is 1. The summed E-state index contributed by atoms with van der Waals surface area (Å²) in [6, 6.07) is 12.7. The molecule has 126 valence electrons. The predicted molar refractivity (Wildman–Crippen MR) is 96.0 cm³/mol. The van der Waals surface area contributed by atoms with Gasteiger partial charge in [0, 0.05) is 10.7 Å². The van der Waals surface area contributed by atoms with Gasteiger partial charge in [-0.25, -0.2) is 0 Å². The minimum absolute atomic E-state index is 0.171. The van der Waals surface area contributed by atoms with E-state index in [2.05, 4.69) is 10.5 Å². The Labute approximate surface area is 146 Å². The van der Waals surface area contributed by atoms with Gasteiger partial charge in [0.25, 0.3) is 5.91 Å². The highest BCUT2D eigenvalue weighted by molar-refractivity contribution is 6.30. The number of aryl methyl sites for hydroxylation is 1. The minimum Gasteiger partial charge on any atom is -0.494 e. The molecular weight excluding hydrogens is 328 g/mol. The number of anilines is 1. The van der Waals surface area contributed by atoms with E-state index in [4.69, 9.17) is 21.2 Å². The van der Waals surface area contributed by atoms with Crippen LogP contribution < -0.4 is 10.1 Å². The summed E-state index contributed by atoms with van der Waals surface area (Å²) in [6.07, 6.45) is 1.54. The van der Waals surface area contributed by atoms with Crippen molar-refractivity contribution in [1.29, 1.82) is 0 Å². The van der Waals surface area contributed by atoms with Crippen molar-refractivity contribution in [2.24, 2.45) is 5.16 Å². The lowest BCUT2D eigenvalue weighted by Gasteiger charge is -2.07. The summed E-state index contributed by atoms with van der Waals surface area (Å²) in [5.74, 6) is 0.512. The predicted octanol–water partition coefficient (Wildman–Crippen LogP) is 4.04. The van der Waals surface area contributed by atoms with Gasteiger partial charge in [-0.3, -0.25) is 4.79 Å². The molecule has 0 unspecified atom stereocenters. The summed E-state index contributed by atoms with van der Waals surface area (Å²) in [5, 5.41) is 7.16. The SMILES string of the molecule is CCOc1ccc(/C=N\OCC(=O)Nc2ccc(Cl)cc2C)cc1. The first-order chi connectivity index (χ1) is 11.6. The molecule has 2 aromatic carbocycles. The molecule has 0 fully saturated rings. The zero-order valence-electron chi connectivity index (χ0n) is 13.6. The Kier molecular flexibility index (Phi) is 6.63. The molecule has 0 radical (unpaired) electrons. The van der Waals surface area contributed by atoms with Gasteiger partial charge in [-0.1, -0.05) is 16.8 Å². The molecule has 1 amide bonds. The maximum absolute atomic E-state index is 11.8. The van der Waals surface area contributed by atoms with Crippen molar-refractivity contribution >= 4 is 29.4 Å². The van der Waals surface area contributed by atoms with Crippen LogP contribution in [-0.2, 0) is 9.63 Å². The van der Waals surface area contributed by atoms with E-state index in [9.17, 15) is 4.79 Å². The van der Waals surface area contributed by atoms with E-state index < -0.39 is 0 Å². The van der Waals surface area contributed by atoms with Crippen LogP contribution >= 0.6 is 11.6 Å². The molecule has 0 atom stereocenters. The number of hydrogen-bond donors (Lipinski definition) is 1. The number of nitrogens with zero attached hydrogens (tertiary/aromatic N) is 1. The highest BCUT2D eigenvalue weighted by Crippen LogP contribution is 2.19. The second-order valence-electron chi connectivity index (χ2n) is 5.02. The summed E-state index contributed by atoms with van der Waals surface area (Å²) < 4.78 is 5.35. The Morgan fingerprint density at radius 1 is 1.25 bits per heavy atom. The van der Waals surface area contributed by atoms with Gasteiger partial charge in [0.2, 0.25) is 0 Å². The number of benzene rings is 2. The standard InChI is InChI=1S/C18H19ClN2O3/c1-3-23-16-7-4-14(5-8-16)11-20-24-12-18(22)21-17-9-6-15(19)10-13(17)2/h4-11H,3,12H2,1-2H3,(H,21,22)/b20-11-. The highest BCUT2D eigenvalue weighted by Gasteiger charge is 2.05. The summed E-state index contributed by atoms with van der Waals surface area (Å²) in [6.45, 7) is 4.25. The Morgan fingerprint density at radius 2 is 2.00 bits per heavy atom. The first-order valence-electron chi connectivity index (χ1n) is 7.52. The number of nitrogens with one attached hydrogen (secondary N) is 1. The van der Waals surface area contributed by atoms with Crippen molar-refractivity contribution in [3.8, 4) is 5.75 Å². The Morgan fingerprint density at radius 3 is 2.67 bits per heavy atom. The van der Waals surface area contributed by atoms with Gasteiger partial charge in [-0.05, 0) is 67.4 Å². The maximum Gasteiger partial charge on any atom is 0.265 e. The second kappa shape index (κ2) is 8.93. The van der Waals surface area contributed by atoms with Gasteiger partial charge in [-0.15, -0.1) is 0 Å². The van der Waals surface area contributed by atoms with Crippen molar-refractivity contribution < 1.29 is 14.4 Å². The molecule has 2 rings (SSSR count). The van der Waals surface area contributed by atoms with Gasteiger partial charge in [0.15, 0.2) is 6.61 Å². The monoisotopic (exact) mass is 346 g/mol. The van der Waals surface area contributed by atoms with Crippen LogP contribution in [0.3, 0.4) is 0 Å². The largest absolute Gasteiger partial charge is 0.494 e. The number of ether oxygens (including phenoxy) is 1. The molecule has 5 nitrogen and oxygen atoms in total. The van der Waals surface area contributed by atoms with Crippen LogP contribution in [0.5, 0.6) is 5.75 Å². The van der Waals surface area contributed by atoms with Gasteiger partial charge in [0.05, 0.1) is 12.8 Å². The lowest BCUT2D eigenvalue weighted by Crippen LogP contribution is -2.17. The smallest absolute Gasteiger partial charge is 0.265 e. The van der Waals surface area contributed by atoms with Crippen molar-refractivity contribution in [2.75, 3.05) is 18.5 Å². The zero-order valence-corrected chi connectivity index (χ0v) is 14.3. The van der Waals surface area contributed by atoms with E-state index in [1.165, 1.54) is 6.21 Å². The van der Waals surface area contributed by atoms with Crippen molar-refractivity contribution in [3.05, 3.63) is 58.6 Å². The molecule has 1 N–H and O–H groups in total. The van der Waals surface area contributed by atoms with Gasteiger partial charge >= 0.3 is 0 Å². The first-order valence-corrected chi connectivity index (χ1v) is 7.90. The number of carbonyl (C=O) groups is 1. The molecule has 0 saturated heterocycles. The average molecular weight is 347 g/mol. The third kappa shape index (κ3) is 5.59. The van der Waals surface area contributed by atoms with E-state index >= 15 is 0 Å². The molecule has 0 aliphatic carbocycles. The molecule has 0 aromatic heterocycles. The number of rotatable bonds is 7. The van der Waals surface area contributed by atoms with Crippen LogP contribution in [0, 0.1) is 6.92 Å². The molecule has 0 aliphatic rings. The first kappa shape index (κ1) is 17.8. The zero-order chi connectivity index (χ0) is 17.4. The summed E-state index contributed by atoms with van der Waals surface area (Å²) in [7, 11) is 0. The molecule has 0 saturated carbocycles. The Hall–Kier alpha value is -2.53. The normalized spacial score (nSPS) is 10.6. The van der Waals surface area contributed by atoms with Crippen LogP contribution in [0.4, 0.5) is 5.69 Å². The summed E-state index contributed by atoms with van der Waals surface area (Å²) >= 11 is 5.88. The van der Waals surface area contributed by atoms with Gasteiger partial charge in [0.1, 0.15) is 5.75 Å². The molecule has 6 heteroatoms. The number of oxime groups is 1. The third-order valence-corrected chi connectivity index (χ3v) is 3.36. The lowest BCUT2D eigenvalue weighted by atomic mass is 10.2. The maximum atomic E-state index is 11.8. The Bertz CT molecular complexity index is 715. The summed E-state index contributed by atoms with van der Waals surface area (Å²) in [5.41, 5.74) is 2.43. The van der Waals surface area contributed by atoms with Crippen molar-refractivity contribution in [2.45, 2.75) is 13.8 Å². The quantitative estimate of drug-likeness (QED) is 0.608. The van der Waals surface area contributed by atoms with Crippen molar-refractivity contribution in [3.63, 3.8) is 0 Å². The fourth-order valence-electron chi connectivity index (χ4n) is 1.96. The topological polar surface area (TPSA) is 59.9 Å². The number of carbonyl (C=O) groups excluding carboxylic acids is 1. The number of hydrogen-bond acceptors (Lipinski definition) is 4. The van der Waals surface area contributed by atoms with Crippen LogP contribution in [0.25, 0.3) is 0 Å². The minimum atomic E-state index is -0.288. The van der Waals surface area contributed by atoms with E-state index in [1.807, 2.05) is 38.1 Å². The molecule has 2 aromatic rings. The molecule has 24 heavy (non-hydrogen) atoms. The molecular formula is C18H19ClN2O3. The van der Waals surface area contributed by atoms with Crippen LogP contribution in [-0.4, -0.2) is 25.3 Å². The van der Waals surface area contributed by atoms with Crippen molar-refractivity contribution in [1.82, 2.24) is 0 Å². The molecule has 0 bridgehead atoms. The summed E-state index contributed by atoms with van der Waals surface area (Å²) in [4.78, 5) is 16.8. The Balaban J connectivity index is 1.79. The third-order valence-electron chi connectivity index (χ3n) is 3.13. The van der Waals surface area contributed by atoms with Crippen LogP contribution in [0.15, 0.2) is 47.6 Å². The average Bonchev–Trinajstić information content (AvgIpc) is 2.56.